The van der Waals surface area contributed by atoms with E-state index in [9.17, 15) is 0 Å². The fraction of sp³-hybridized carbons (Fsp3) is 1.00. The van der Waals surface area contributed by atoms with Crippen molar-refractivity contribution < 1.29 is 0 Å². The summed E-state index contributed by atoms with van der Waals surface area (Å²) in [5.41, 5.74) is 0. The van der Waals surface area contributed by atoms with Crippen LogP contribution in [0.3, 0.4) is 0 Å². The summed E-state index contributed by atoms with van der Waals surface area (Å²) in [5, 5.41) is 3.42. The van der Waals surface area contributed by atoms with Crippen LogP contribution < -0.4 is 5.32 Å². The summed E-state index contributed by atoms with van der Waals surface area (Å²) in [5.74, 6) is 0. The Kier molecular flexibility index (Phi) is 1.33. The van der Waals surface area contributed by atoms with Gasteiger partial charge in [0.2, 0.25) is 0 Å². The van der Waals surface area contributed by atoms with Gasteiger partial charge >= 0.3 is 0 Å². The Morgan fingerprint density at radius 3 is 2.14 bits per heavy atom. The standard InChI is InChI=1S/C6H13N/c1-5(2)7-6-3-4-6/h5-7H,3-4H2,1-2H3. The number of hydrogen-bond acceptors (Lipinski definition) is 1. The van der Waals surface area contributed by atoms with Crippen molar-refractivity contribution in [1.29, 1.82) is 0 Å². The summed E-state index contributed by atoms with van der Waals surface area (Å²) >= 11 is 0. The second-order valence-corrected chi connectivity index (χ2v) is 2.60. The molecule has 0 atom stereocenters. The maximum absolute atomic E-state index is 3.42. The van der Waals surface area contributed by atoms with Crippen LogP contribution in [0, 0.1) is 0 Å². The molecule has 0 aliphatic heterocycles. The van der Waals surface area contributed by atoms with Crippen LogP contribution in [0.1, 0.15) is 26.7 Å². The third-order valence-electron chi connectivity index (χ3n) is 1.15. The molecule has 1 rings (SSSR count). The van der Waals surface area contributed by atoms with Crippen LogP contribution in [-0.4, -0.2) is 12.1 Å². The summed E-state index contributed by atoms with van der Waals surface area (Å²) in [4.78, 5) is 0. The first-order chi connectivity index (χ1) is 3.29. The molecule has 7 heavy (non-hydrogen) atoms. The summed E-state index contributed by atoms with van der Waals surface area (Å²) in [7, 11) is 0. The Balaban J connectivity index is 1.97. The topological polar surface area (TPSA) is 12.0 Å². The average Bonchev–Trinajstić information content (AvgIpc) is 2.17. The van der Waals surface area contributed by atoms with Gasteiger partial charge in [0.15, 0.2) is 0 Å². The van der Waals surface area contributed by atoms with Gasteiger partial charge < -0.3 is 5.32 Å². The zero-order valence-corrected chi connectivity index (χ0v) is 5.07. The number of hydrogen-bond donors (Lipinski definition) is 1. The van der Waals surface area contributed by atoms with Crippen molar-refractivity contribution in [2.75, 3.05) is 0 Å². The quantitative estimate of drug-likeness (QED) is 0.547. The highest BCUT2D eigenvalue weighted by Crippen LogP contribution is 2.18. The number of rotatable bonds is 2. The van der Waals surface area contributed by atoms with E-state index < -0.39 is 0 Å². The van der Waals surface area contributed by atoms with Gasteiger partial charge in [-0.3, -0.25) is 0 Å². The summed E-state index contributed by atoms with van der Waals surface area (Å²) < 4.78 is 0. The van der Waals surface area contributed by atoms with Crippen molar-refractivity contribution in [1.82, 2.24) is 5.32 Å². The zero-order valence-electron chi connectivity index (χ0n) is 5.07. The van der Waals surface area contributed by atoms with E-state index in [2.05, 4.69) is 19.2 Å². The van der Waals surface area contributed by atoms with Gasteiger partial charge in [-0.2, -0.15) is 0 Å². The molecule has 0 aromatic rings. The lowest BCUT2D eigenvalue weighted by molar-refractivity contribution is 0.585. The molecular formula is C6H13N. The molecule has 0 aromatic carbocycles. The highest BCUT2D eigenvalue weighted by Gasteiger charge is 2.20. The van der Waals surface area contributed by atoms with Gasteiger partial charge in [-0.1, -0.05) is 13.8 Å². The summed E-state index contributed by atoms with van der Waals surface area (Å²) in [6.07, 6.45) is 2.80. The van der Waals surface area contributed by atoms with E-state index >= 15 is 0 Å². The lowest BCUT2D eigenvalue weighted by atomic mass is 10.4. The normalized spacial score (nSPS) is 21.0. The van der Waals surface area contributed by atoms with E-state index in [0.29, 0.717) is 6.04 Å². The van der Waals surface area contributed by atoms with Crippen molar-refractivity contribution in [3.8, 4) is 0 Å². The second-order valence-electron chi connectivity index (χ2n) is 2.60. The highest BCUT2D eigenvalue weighted by molar-refractivity contribution is 4.81. The minimum absolute atomic E-state index is 0.688. The predicted octanol–water partition coefficient (Wildman–Crippen LogP) is 1.15. The third-order valence-corrected chi connectivity index (χ3v) is 1.15. The van der Waals surface area contributed by atoms with Gasteiger partial charge in [0, 0.05) is 12.1 Å². The summed E-state index contributed by atoms with van der Waals surface area (Å²) in [6.45, 7) is 4.39. The molecule has 1 N–H and O–H groups in total. The van der Waals surface area contributed by atoms with Crippen molar-refractivity contribution >= 4 is 0 Å². The van der Waals surface area contributed by atoms with Crippen LogP contribution in [0.5, 0.6) is 0 Å². The molecule has 1 aliphatic carbocycles. The van der Waals surface area contributed by atoms with Crippen LogP contribution in [0.4, 0.5) is 0 Å². The first-order valence-corrected chi connectivity index (χ1v) is 3.05. The van der Waals surface area contributed by atoms with E-state index in [-0.39, 0.29) is 0 Å². The molecule has 0 bridgehead atoms. The van der Waals surface area contributed by atoms with Gasteiger partial charge in [0.05, 0.1) is 0 Å². The molecule has 1 aliphatic rings. The Morgan fingerprint density at radius 1 is 1.43 bits per heavy atom. The molecule has 42 valence electrons. The molecule has 1 nitrogen and oxygen atoms in total. The maximum atomic E-state index is 3.42. The van der Waals surface area contributed by atoms with E-state index in [1.807, 2.05) is 0 Å². The van der Waals surface area contributed by atoms with Gasteiger partial charge in [-0.15, -0.1) is 0 Å². The van der Waals surface area contributed by atoms with Crippen LogP contribution >= 0.6 is 0 Å². The van der Waals surface area contributed by atoms with Gasteiger partial charge in [0.25, 0.3) is 0 Å². The molecule has 0 radical (unpaired) electrons. The molecule has 0 unspecified atom stereocenters. The monoisotopic (exact) mass is 99.1 g/mol. The van der Waals surface area contributed by atoms with Crippen molar-refractivity contribution in [3.05, 3.63) is 0 Å². The van der Waals surface area contributed by atoms with Crippen LogP contribution in [-0.2, 0) is 0 Å². The largest absolute Gasteiger partial charge is 0.312 e. The molecule has 0 aromatic heterocycles. The Hall–Kier alpha value is -0.0400. The lowest BCUT2D eigenvalue weighted by Crippen LogP contribution is -2.24. The molecular weight excluding hydrogens is 86.1 g/mol. The van der Waals surface area contributed by atoms with Gasteiger partial charge in [0.1, 0.15) is 0 Å². The number of nitrogens with one attached hydrogen (secondary N) is 1. The molecule has 0 heterocycles. The fourth-order valence-corrected chi connectivity index (χ4v) is 0.721. The Bertz CT molecular complexity index is 55.2. The smallest absolute Gasteiger partial charge is 0.00705 e. The average molecular weight is 99.2 g/mol. The maximum Gasteiger partial charge on any atom is 0.00705 e. The second kappa shape index (κ2) is 1.83. The molecule has 1 saturated carbocycles. The minimum Gasteiger partial charge on any atom is -0.312 e. The first-order valence-electron chi connectivity index (χ1n) is 3.05. The van der Waals surface area contributed by atoms with Crippen LogP contribution in [0.15, 0.2) is 0 Å². The van der Waals surface area contributed by atoms with Crippen molar-refractivity contribution in [2.45, 2.75) is 38.8 Å². The highest BCUT2D eigenvalue weighted by atomic mass is 15.0. The molecule has 1 fully saturated rings. The molecule has 0 saturated heterocycles. The third kappa shape index (κ3) is 1.93. The zero-order chi connectivity index (χ0) is 5.28. The van der Waals surface area contributed by atoms with Gasteiger partial charge in [-0.05, 0) is 12.8 Å². The minimum atomic E-state index is 0.688. The molecule has 0 spiro atoms. The Morgan fingerprint density at radius 2 is 2.00 bits per heavy atom. The Labute approximate surface area is 45.1 Å². The van der Waals surface area contributed by atoms with Crippen LogP contribution in [0.2, 0.25) is 0 Å². The van der Waals surface area contributed by atoms with Crippen molar-refractivity contribution in [3.63, 3.8) is 0 Å². The SMILES string of the molecule is CC(C)NC1CC1. The van der Waals surface area contributed by atoms with Crippen LogP contribution in [0.25, 0.3) is 0 Å². The molecule has 0 amide bonds. The van der Waals surface area contributed by atoms with Crippen molar-refractivity contribution in [2.24, 2.45) is 0 Å². The lowest BCUT2D eigenvalue weighted by Gasteiger charge is -2.03. The predicted molar refractivity (Wildman–Crippen MR) is 31.3 cm³/mol. The fourth-order valence-electron chi connectivity index (χ4n) is 0.721. The van der Waals surface area contributed by atoms with E-state index in [1.54, 1.807) is 0 Å². The molecule has 1 heteroatoms. The summed E-state index contributed by atoms with van der Waals surface area (Å²) in [6, 6.07) is 1.56. The van der Waals surface area contributed by atoms with E-state index in [4.69, 9.17) is 0 Å². The van der Waals surface area contributed by atoms with E-state index in [1.165, 1.54) is 12.8 Å². The first kappa shape index (κ1) is 5.10. The van der Waals surface area contributed by atoms with E-state index in [0.717, 1.165) is 6.04 Å². The van der Waals surface area contributed by atoms with Gasteiger partial charge in [-0.25, -0.2) is 0 Å².